The van der Waals surface area contributed by atoms with Gasteiger partial charge in [-0.3, -0.25) is 4.99 Å². The van der Waals surface area contributed by atoms with Crippen LogP contribution in [0.5, 0.6) is 5.88 Å². The maximum atomic E-state index is 5.77. The number of unbranched alkanes of at least 4 members (excludes halogenated alkanes) is 1. The topological polar surface area (TPSA) is 67.8 Å². The van der Waals surface area contributed by atoms with Gasteiger partial charge in [0.25, 0.3) is 0 Å². The Morgan fingerprint density at radius 3 is 2.92 bits per heavy atom. The summed E-state index contributed by atoms with van der Waals surface area (Å²) in [4.78, 5) is 8.59. The summed E-state index contributed by atoms with van der Waals surface area (Å²) in [6.07, 6.45) is 7.57. The standard InChI is InChI=1S/C19H32N4O2/c1-3-4-13-25-18-17(7-5-10-21-18)14-23-19(20-2)22-11-6-12-24-15-16-8-9-16/h5,7,10,16H,3-4,6,8-9,11-15H2,1-2H3,(H2,20,22,23). The van der Waals surface area contributed by atoms with Gasteiger partial charge in [0.05, 0.1) is 6.61 Å². The van der Waals surface area contributed by atoms with Crippen LogP contribution in [-0.2, 0) is 11.3 Å². The van der Waals surface area contributed by atoms with Crippen LogP contribution in [0.3, 0.4) is 0 Å². The number of guanidine groups is 1. The number of pyridine rings is 1. The number of hydrogen-bond donors (Lipinski definition) is 2. The average molecular weight is 348 g/mol. The van der Waals surface area contributed by atoms with Crippen LogP contribution >= 0.6 is 0 Å². The van der Waals surface area contributed by atoms with Gasteiger partial charge in [0, 0.05) is 45.1 Å². The first-order chi connectivity index (χ1) is 12.3. The van der Waals surface area contributed by atoms with Crippen molar-refractivity contribution in [2.75, 3.05) is 33.4 Å². The van der Waals surface area contributed by atoms with Gasteiger partial charge in [-0.15, -0.1) is 0 Å². The van der Waals surface area contributed by atoms with Crippen LogP contribution in [0.1, 0.15) is 44.6 Å². The summed E-state index contributed by atoms with van der Waals surface area (Å²) >= 11 is 0. The lowest BCUT2D eigenvalue weighted by Gasteiger charge is -2.14. The van der Waals surface area contributed by atoms with E-state index in [4.69, 9.17) is 9.47 Å². The van der Waals surface area contributed by atoms with E-state index in [0.717, 1.165) is 56.5 Å². The second kappa shape index (κ2) is 11.7. The Kier molecular flexibility index (Phi) is 9.12. The van der Waals surface area contributed by atoms with E-state index in [9.17, 15) is 0 Å². The molecule has 0 atom stereocenters. The van der Waals surface area contributed by atoms with Crippen molar-refractivity contribution in [3.05, 3.63) is 23.9 Å². The molecule has 140 valence electrons. The molecule has 1 saturated carbocycles. The molecule has 1 aromatic heterocycles. The molecule has 0 aliphatic heterocycles. The second-order valence-corrected chi connectivity index (χ2v) is 6.39. The van der Waals surface area contributed by atoms with Crippen LogP contribution in [0, 0.1) is 5.92 Å². The lowest BCUT2D eigenvalue weighted by molar-refractivity contribution is 0.123. The zero-order valence-electron chi connectivity index (χ0n) is 15.6. The molecule has 6 nitrogen and oxygen atoms in total. The number of rotatable bonds is 12. The highest BCUT2D eigenvalue weighted by molar-refractivity contribution is 5.79. The monoisotopic (exact) mass is 348 g/mol. The van der Waals surface area contributed by atoms with Gasteiger partial charge >= 0.3 is 0 Å². The van der Waals surface area contributed by atoms with Gasteiger partial charge in [0.15, 0.2) is 5.96 Å². The third-order valence-corrected chi connectivity index (χ3v) is 4.06. The first kappa shape index (κ1) is 19.5. The van der Waals surface area contributed by atoms with E-state index >= 15 is 0 Å². The van der Waals surface area contributed by atoms with Gasteiger partial charge in [-0.1, -0.05) is 19.4 Å². The molecule has 25 heavy (non-hydrogen) atoms. The average Bonchev–Trinajstić information content (AvgIpc) is 3.46. The first-order valence-electron chi connectivity index (χ1n) is 9.42. The molecule has 1 fully saturated rings. The van der Waals surface area contributed by atoms with Crippen LogP contribution in [0.15, 0.2) is 23.3 Å². The van der Waals surface area contributed by atoms with Crippen LogP contribution in [0.4, 0.5) is 0 Å². The van der Waals surface area contributed by atoms with Crippen LogP contribution in [0.25, 0.3) is 0 Å². The molecule has 0 radical (unpaired) electrons. The molecular formula is C19H32N4O2. The lowest BCUT2D eigenvalue weighted by atomic mass is 10.2. The Labute approximate surface area is 151 Å². The molecule has 0 spiro atoms. The normalized spacial score (nSPS) is 14.4. The Hall–Kier alpha value is -1.82. The summed E-state index contributed by atoms with van der Waals surface area (Å²) in [6, 6.07) is 3.96. The fraction of sp³-hybridized carbons (Fsp3) is 0.684. The molecule has 0 bridgehead atoms. The van der Waals surface area contributed by atoms with Gasteiger partial charge in [-0.05, 0) is 37.7 Å². The van der Waals surface area contributed by atoms with E-state index in [1.807, 2.05) is 12.1 Å². The minimum Gasteiger partial charge on any atom is -0.477 e. The van der Waals surface area contributed by atoms with Gasteiger partial charge in [-0.25, -0.2) is 4.98 Å². The zero-order chi connectivity index (χ0) is 17.7. The summed E-state index contributed by atoms with van der Waals surface area (Å²) < 4.78 is 11.4. The van der Waals surface area contributed by atoms with Crippen molar-refractivity contribution >= 4 is 5.96 Å². The molecule has 0 amide bonds. The summed E-state index contributed by atoms with van der Waals surface area (Å²) in [5, 5.41) is 6.63. The molecule has 1 aromatic rings. The van der Waals surface area contributed by atoms with Crippen molar-refractivity contribution in [3.8, 4) is 5.88 Å². The molecule has 6 heteroatoms. The fourth-order valence-corrected chi connectivity index (χ4v) is 2.32. The minimum absolute atomic E-state index is 0.632. The maximum Gasteiger partial charge on any atom is 0.218 e. The summed E-state index contributed by atoms with van der Waals surface area (Å²) in [6.45, 7) is 6.06. The second-order valence-electron chi connectivity index (χ2n) is 6.39. The lowest BCUT2D eigenvalue weighted by Crippen LogP contribution is -2.37. The maximum absolute atomic E-state index is 5.77. The molecule has 1 heterocycles. The van der Waals surface area contributed by atoms with E-state index < -0.39 is 0 Å². The van der Waals surface area contributed by atoms with E-state index in [1.165, 1.54) is 12.8 Å². The molecule has 1 aliphatic carbocycles. The van der Waals surface area contributed by atoms with Crippen molar-refractivity contribution in [2.45, 2.75) is 45.6 Å². The number of aliphatic imine (C=N–C) groups is 1. The van der Waals surface area contributed by atoms with E-state index in [-0.39, 0.29) is 0 Å². The highest BCUT2D eigenvalue weighted by atomic mass is 16.5. The van der Waals surface area contributed by atoms with E-state index in [2.05, 4.69) is 27.5 Å². The highest BCUT2D eigenvalue weighted by Gasteiger charge is 2.20. The van der Waals surface area contributed by atoms with Gasteiger partial charge < -0.3 is 20.1 Å². The number of nitrogens with one attached hydrogen (secondary N) is 2. The fourth-order valence-electron chi connectivity index (χ4n) is 2.32. The quantitative estimate of drug-likeness (QED) is 0.345. The molecule has 2 rings (SSSR count). The summed E-state index contributed by atoms with van der Waals surface area (Å²) in [5.41, 5.74) is 1.04. The number of nitrogens with zero attached hydrogens (tertiary/aromatic N) is 2. The molecule has 1 aliphatic rings. The van der Waals surface area contributed by atoms with Crippen molar-refractivity contribution in [3.63, 3.8) is 0 Å². The SMILES string of the molecule is CCCCOc1ncccc1CNC(=NC)NCCCOCC1CC1. The van der Waals surface area contributed by atoms with Crippen LogP contribution in [0.2, 0.25) is 0 Å². The summed E-state index contributed by atoms with van der Waals surface area (Å²) in [5.74, 6) is 2.31. The van der Waals surface area contributed by atoms with Crippen molar-refractivity contribution in [1.82, 2.24) is 15.6 Å². The molecule has 2 N–H and O–H groups in total. The Balaban J connectivity index is 1.65. The number of ether oxygens (including phenoxy) is 2. The zero-order valence-corrected chi connectivity index (χ0v) is 15.6. The van der Waals surface area contributed by atoms with Gasteiger partial charge in [-0.2, -0.15) is 0 Å². The molecular weight excluding hydrogens is 316 g/mol. The molecule has 0 unspecified atom stereocenters. The Bertz CT molecular complexity index is 518. The van der Waals surface area contributed by atoms with Crippen molar-refractivity contribution < 1.29 is 9.47 Å². The molecule has 0 aromatic carbocycles. The first-order valence-corrected chi connectivity index (χ1v) is 9.42. The van der Waals surface area contributed by atoms with Gasteiger partial charge in [0.1, 0.15) is 0 Å². The van der Waals surface area contributed by atoms with E-state index in [0.29, 0.717) is 19.0 Å². The van der Waals surface area contributed by atoms with Crippen molar-refractivity contribution in [2.24, 2.45) is 10.9 Å². The summed E-state index contributed by atoms with van der Waals surface area (Å²) in [7, 11) is 1.78. The highest BCUT2D eigenvalue weighted by Crippen LogP contribution is 2.28. The third kappa shape index (κ3) is 8.20. The Morgan fingerprint density at radius 2 is 2.16 bits per heavy atom. The predicted octanol–water partition coefficient (Wildman–Crippen LogP) is 2.74. The van der Waals surface area contributed by atoms with Crippen LogP contribution in [-0.4, -0.2) is 44.4 Å². The van der Waals surface area contributed by atoms with Gasteiger partial charge in [0.2, 0.25) is 5.88 Å². The Morgan fingerprint density at radius 1 is 1.28 bits per heavy atom. The van der Waals surface area contributed by atoms with Crippen LogP contribution < -0.4 is 15.4 Å². The third-order valence-electron chi connectivity index (χ3n) is 4.06. The number of aromatic nitrogens is 1. The largest absolute Gasteiger partial charge is 0.477 e. The predicted molar refractivity (Wildman–Crippen MR) is 101 cm³/mol. The van der Waals surface area contributed by atoms with Crippen molar-refractivity contribution in [1.29, 1.82) is 0 Å². The molecule has 0 saturated heterocycles. The smallest absolute Gasteiger partial charge is 0.218 e. The van der Waals surface area contributed by atoms with E-state index in [1.54, 1.807) is 13.2 Å². The minimum atomic E-state index is 0.632. The number of hydrogen-bond acceptors (Lipinski definition) is 4.